The summed E-state index contributed by atoms with van der Waals surface area (Å²) in [6.45, 7) is 15.3. The lowest BCUT2D eigenvalue weighted by Gasteiger charge is -2.63. The first-order valence-corrected chi connectivity index (χ1v) is 23.4. The number of anilines is 1. The van der Waals surface area contributed by atoms with E-state index in [2.05, 4.69) is 59.9 Å². The van der Waals surface area contributed by atoms with Crippen LogP contribution in [0.5, 0.6) is 5.75 Å². The van der Waals surface area contributed by atoms with E-state index in [4.69, 9.17) is 21.1 Å². The molecule has 0 unspecified atom stereocenters. The second kappa shape index (κ2) is 21.8. The van der Waals surface area contributed by atoms with Gasteiger partial charge in [-0.1, -0.05) is 84.3 Å². The van der Waals surface area contributed by atoms with Gasteiger partial charge in [-0.05, 0) is 78.8 Å². The van der Waals surface area contributed by atoms with Gasteiger partial charge in [0.1, 0.15) is 30.6 Å². The number of hydrogen-bond donors (Lipinski definition) is 4. The van der Waals surface area contributed by atoms with Crippen molar-refractivity contribution in [2.75, 3.05) is 31.6 Å². The molecule has 15 heteroatoms. The largest absolute Gasteiger partial charge is 0.489 e. The molecule has 1 saturated carbocycles. The second-order valence-electron chi connectivity index (χ2n) is 20.0. The molecular formula is C52H64ClN7O7. The number of ketones is 1. The molecule has 14 nitrogen and oxygen atoms in total. The fourth-order valence-electron chi connectivity index (χ4n) is 9.59. The molecule has 4 aromatic rings. The Morgan fingerprint density at radius 3 is 2.33 bits per heavy atom. The third-order valence-electron chi connectivity index (χ3n) is 13.1. The number of carbonyl (C=O) groups excluding carboxylic acids is 4. The minimum Gasteiger partial charge on any atom is -0.489 e. The lowest BCUT2D eigenvalue weighted by Crippen LogP contribution is -2.74. The van der Waals surface area contributed by atoms with Gasteiger partial charge in [0.05, 0.1) is 22.4 Å². The number of nitriles is 1. The number of halogens is 1. The van der Waals surface area contributed by atoms with Gasteiger partial charge in [0, 0.05) is 91.0 Å². The number of aromatic nitrogens is 2. The Morgan fingerprint density at radius 1 is 0.970 bits per heavy atom. The lowest BCUT2D eigenvalue weighted by atomic mass is 9.49. The minimum absolute atomic E-state index is 0.0221. The van der Waals surface area contributed by atoms with Crippen molar-refractivity contribution in [2.45, 2.75) is 111 Å². The van der Waals surface area contributed by atoms with Gasteiger partial charge >= 0.3 is 0 Å². The van der Waals surface area contributed by atoms with Crippen molar-refractivity contribution in [3.05, 3.63) is 107 Å². The SMILES string of the molecule is CC1(C)C(NC(=O)c2ccc(NCCCCCOCC(=O)C[C@H](C(=O)N3C[C@H](O)C[C@H]3C(=O)NCc3ccc(-c4cccnn4)cc3)C(C)(C)C)cc2)C(C)(C)C1Oc1ccc(C#N)c(Cl)c1. The number of β-amino-alcohol motifs (C(OH)–C–C–N with tert-alkyl or cyclic N) is 1. The van der Waals surface area contributed by atoms with Gasteiger partial charge in [0.15, 0.2) is 5.78 Å². The summed E-state index contributed by atoms with van der Waals surface area (Å²) in [5, 5.41) is 37.7. The third-order valence-corrected chi connectivity index (χ3v) is 13.4. The molecule has 1 aliphatic heterocycles. The molecular weight excluding hydrogens is 870 g/mol. The van der Waals surface area contributed by atoms with E-state index in [1.54, 1.807) is 36.5 Å². The standard InChI is InChI=1S/C52H64ClN7O7/c1-50(2,3)41(47(65)60-31-38(61)27-44(60)46(64)56-30-33-13-15-34(16-14-33)43-12-11-24-57-59-43)26-39(62)32-66-25-10-8-9-23-55-37-20-17-35(18-21-37)45(63)58-48-51(4,5)49(52(48,6)7)67-40-22-19-36(29-54)42(53)28-40/h11-22,24,28,38,41,44,48-49,55,61H,8-10,23,25-27,30-32H2,1-7H3,(H,56,64)(H,58,63)/t38-,41-,44+,48?,49?/m1/s1. The smallest absolute Gasteiger partial charge is 0.251 e. The van der Waals surface area contributed by atoms with E-state index in [0.717, 1.165) is 48.3 Å². The Bertz CT molecular complexity index is 2380. The van der Waals surface area contributed by atoms with Crippen LogP contribution in [0, 0.1) is 33.5 Å². The molecule has 67 heavy (non-hydrogen) atoms. The minimum atomic E-state index is -0.851. The van der Waals surface area contributed by atoms with Crippen molar-refractivity contribution in [3.63, 3.8) is 0 Å². The maximum absolute atomic E-state index is 14.0. The van der Waals surface area contributed by atoms with E-state index in [-0.39, 0.29) is 79.0 Å². The monoisotopic (exact) mass is 933 g/mol. The number of carbonyl (C=O) groups is 4. The molecule has 3 amide bonds. The molecule has 0 spiro atoms. The summed E-state index contributed by atoms with van der Waals surface area (Å²) < 4.78 is 12.1. The number of benzene rings is 3. The molecule has 4 N–H and O–H groups in total. The van der Waals surface area contributed by atoms with Crippen molar-refractivity contribution in [1.29, 1.82) is 5.26 Å². The molecule has 2 heterocycles. The number of nitrogens with zero attached hydrogens (tertiary/aromatic N) is 4. The molecule has 6 rings (SSSR count). The van der Waals surface area contributed by atoms with Crippen molar-refractivity contribution in [2.24, 2.45) is 22.2 Å². The summed E-state index contributed by atoms with van der Waals surface area (Å²) in [5.74, 6) is -1.16. The van der Waals surface area contributed by atoms with Crippen LogP contribution in [0.15, 0.2) is 85.1 Å². The van der Waals surface area contributed by atoms with E-state index < -0.39 is 23.5 Å². The zero-order chi connectivity index (χ0) is 48.5. The van der Waals surface area contributed by atoms with E-state index in [1.807, 2.05) is 69.3 Å². The maximum atomic E-state index is 14.0. The van der Waals surface area contributed by atoms with Crippen LogP contribution in [-0.4, -0.2) is 94.3 Å². The van der Waals surface area contributed by atoms with Crippen molar-refractivity contribution >= 4 is 40.8 Å². The Balaban J connectivity index is 0.877. The molecule has 0 bridgehead atoms. The highest BCUT2D eigenvalue weighted by molar-refractivity contribution is 6.31. The fourth-order valence-corrected chi connectivity index (χ4v) is 9.80. The maximum Gasteiger partial charge on any atom is 0.251 e. The molecule has 1 aromatic heterocycles. The summed E-state index contributed by atoms with van der Waals surface area (Å²) in [4.78, 5) is 55.4. The first-order chi connectivity index (χ1) is 31.8. The molecule has 2 aliphatic rings. The molecule has 3 atom stereocenters. The average Bonchev–Trinajstić information content (AvgIpc) is 3.70. The number of hydrogen-bond acceptors (Lipinski definition) is 11. The van der Waals surface area contributed by atoms with Crippen LogP contribution in [0.2, 0.25) is 5.02 Å². The highest BCUT2D eigenvalue weighted by Crippen LogP contribution is 2.55. The number of Topliss-reactive ketones (excluding diaryl/α,β-unsaturated/α-hetero) is 1. The highest BCUT2D eigenvalue weighted by atomic mass is 35.5. The van der Waals surface area contributed by atoms with Gasteiger partial charge in [0.25, 0.3) is 5.91 Å². The molecule has 3 aromatic carbocycles. The molecule has 356 valence electrons. The van der Waals surface area contributed by atoms with Crippen LogP contribution in [0.4, 0.5) is 5.69 Å². The summed E-state index contributed by atoms with van der Waals surface area (Å²) in [6, 6.07) is 24.8. The number of rotatable bonds is 20. The van der Waals surface area contributed by atoms with Gasteiger partial charge in [-0.25, -0.2) is 0 Å². The number of likely N-dealkylation sites (tertiary alicyclic amines) is 1. The number of aliphatic hydroxyl groups excluding tert-OH is 1. The van der Waals surface area contributed by atoms with E-state index in [9.17, 15) is 29.5 Å². The second-order valence-corrected chi connectivity index (χ2v) is 20.4. The zero-order valence-corrected chi connectivity index (χ0v) is 40.4. The Hall–Kier alpha value is -5.88. The number of nitrogens with one attached hydrogen (secondary N) is 3. The molecule has 2 fully saturated rings. The highest BCUT2D eigenvalue weighted by Gasteiger charge is 2.64. The van der Waals surface area contributed by atoms with Gasteiger partial charge in [-0.2, -0.15) is 15.5 Å². The predicted molar refractivity (Wildman–Crippen MR) is 257 cm³/mol. The van der Waals surface area contributed by atoms with Crippen molar-refractivity contribution in [1.82, 2.24) is 25.7 Å². The van der Waals surface area contributed by atoms with Gasteiger partial charge in [0.2, 0.25) is 11.8 Å². The number of ether oxygens (including phenoxy) is 2. The van der Waals surface area contributed by atoms with Gasteiger partial charge < -0.3 is 35.4 Å². The van der Waals surface area contributed by atoms with Crippen LogP contribution in [0.25, 0.3) is 11.3 Å². The van der Waals surface area contributed by atoms with Crippen LogP contribution in [0.3, 0.4) is 0 Å². The number of unbranched alkanes of at least 4 members (excludes halogenated alkanes) is 2. The normalized spacial score (nSPS) is 19.9. The summed E-state index contributed by atoms with van der Waals surface area (Å²) in [6.07, 6.45) is 3.15. The number of amides is 3. The van der Waals surface area contributed by atoms with Gasteiger partial charge in [-0.3, -0.25) is 19.2 Å². The topological polar surface area (TPSA) is 196 Å². The average molecular weight is 935 g/mol. The predicted octanol–water partition coefficient (Wildman–Crippen LogP) is 7.78. The Labute approximate surface area is 399 Å². The summed E-state index contributed by atoms with van der Waals surface area (Å²) in [7, 11) is 0. The van der Waals surface area contributed by atoms with Crippen LogP contribution < -0.4 is 20.7 Å². The van der Waals surface area contributed by atoms with Crippen LogP contribution in [0.1, 0.15) is 102 Å². The lowest BCUT2D eigenvalue weighted by molar-refractivity contribution is -0.164. The first-order valence-electron chi connectivity index (χ1n) is 23.0. The van der Waals surface area contributed by atoms with E-state index in [0.29, 0.717) is 28.5 Å². The molecule has 1 aliphatic carbocycles. The van der Waals surface area contributed by atoms with Crippen LogP contribution in [-0.2, 0) is 25.7 Å². The number of aliphatic hydroxyl groups is 1. The zero-order valence-electron chi connectivity index (χ0n) is 39.6. The third kappa shape index (κ3) is 12.6. The molecule has 1 saturated heterocycles. The summed E-state index contributed by atoms with van der Waals surface area (Å²) in [5.41, 5.74) is 3.02. The quantitative estimate of drug-likeness (QED) is 0.0632. The Morgan fingerprint density at radius 2 is 1.69 bits per heavy atom. The molecule has 0 radical (unpaired) electrons. The first kappa shape index (κ1) is 50.5. The van der Waals surface area contributed by atoms with Crippen molar-refractivity contribution in [3.8, 4) is 23.1 Å². The van der Waals surface area contributed by atoms with Gasteiger partial charge in [-0.15, -0.1) is 0 Å². The fraction of sp³-hybridized carbons (Fsp3) is 0.481. The summed E-state index contributed by atoms with van der Waals surface area (Å²) >= 11 is 6.24. The van der Waals surface area contributed by atoms with Crippen LogP contribution >= 0.6 is 11.6 Å². The Kier molecular flexibility index (Phi) is 16.5. The van der Waals surface area contributed by atoms with E-state index in [1.165, 1.54) is 4.90 Å². The van der Waals surface area contributed by atoms with Crippen molar-refractivity contribution < 1.29 is 33.8 Å². The van der Waals surface area contributed by atoms with E-state index >= 15 is 0 Å².